The van der Waals surface area contributed by atoms with E-state index in [0.717, 1.165) is 11.0 Å². The number of anilines is 1. The zero-order valence-electron chi connectivity index (χ0n) is 9.68. The van der Waals surface area contributed by atoms with Gasteiger partial charge in [0.1, 0.15) is 5.27 Å². The van der Waals surface area contributed by atoms with Gasteiger partial charge in [0.05, 0.1) is 19.3 Å². The van der Waals surface area contributed by atoms with Crippen molar-refractivity contribution in [2.75, 3.05) is 43.2 Å². The Hall–Kier alpha value is -1.75. The predicted molar refractivity (Wildman–Crippen MR) is 60.9 cm³/mol. The second-order valence-corrected chi connectivity index (χ2v) is 5.84. The summed E-state index contributed by atoms with van der Waals surface area (Å²) in [7, 11) is -3.20. The normalized spacial score (nSPS) is 17.9. The molecule has 1 aromatic heterocycles. The van der Waals surface area contributed by atoms with Gasteiger partial charge >= 0.3 is 11.7 Å². The highest BCUT2D eigenvalue weighted by Gasteiger charge is 2.33. The molecule has 0 spiro atoms. The molecule has 2 rings (SSSR count). The molecule has 0 radical (unpaired) electrons. The first-order valence-electron chi connectivity index (χ1n) is 5.14. The Morgan fingerprint density at radius 2 is 2.00 bits per heavy atom. The van der Waals surface area contributed by atoms with Gasteiger partial charge in [-0.2, -0.15) is 4.31 Å². The minimum atomic E-state index is -3.20. The standard InChI is InChI=1S/C7H12N6O4S/c1-18(15,16)12-4-2-11(3-5-12)13-7(9-14)6(8)17-10-13/h2-5H2,1H3,(H-,8,10,14)/p+1. The second kappa shape index (κ2) is 4.49. The van der Waals surface area contributed by atoms with Crippen LogP contribution in [0.1, 0.15) is 0 Å². The summed E-state index contributed by atoms with van der Waals surface area (Å²) in [5.74, 6) is -0.293. The van der Waals surface area contributed by atoms with Crippen molar-refractivity contribution < 1.29 is 17.7 Å². The molecule has 0 atom stereocenters. The van der Waals surface area contributed by atoms with Gasteiger partial charge in [0, 0.05) is 17.9 Å². The third-order valence-corrected chi connectivity index (χ3v) is 3.97. The average Bonchev–Trinajstić information content (AvgIpc) is 2.69. The molecule has 2 heterocycles. The summed E-state index contributed by atoms with van der Waals surface area (Å²) in [5, 5.41) is 7.95. The van der Waals surface area contributed by atoms with Gasteiger partial charge in [0.2, 0.25) is 15.2 Å². The van der Waals surface area contributed by atoms with Crippen LogP contribution in [0.5, 0.6) is 0 Å². The lowest BCUT2D eigenvalue weighted by atomic mass is 10.4. The van der Waals surface area contributed by atoms with Gasteiger partial charge in [0.15, 0.2) is 0 Å². The van der Waals surface area contributed by atoms with Crippen LogP contribution >= 0.6 is 0 Å². The van der Waals surface area contributed by atoms with Crippen LogP contribution in [0.3, 0.4) is 0 Å². The maximum Gasteiger partial charge on any atom is 0.484 e. The lowest BCUT2D eigenvalue weighted by molar-refractivity contribution is -0.747. The number of sulfonamides is 1. The second-order valence-electron chi connectivity index (χ2n) is 3.86. The number of rotatable bonds is 3. The quantitative estimate of drug-likeness (QED) is 0.508. The van der Waals surface area contributed by atoms with Crippen LogP contribution in [0.25, 0.3) is 0 Å². The van der Waals surface area contributed by atoms with Crippen molar-refractivity contribution in [3.8, 4) is 0 Å². The van der Waals surface area contributed by atoms with Gasteiger partial charge in [-0.3, -0.25) is 4.52 Å². The summed E-state index contributed by atoms with van der Waals surface area (Å²) in [4.78, 5) is 11.7. The van der Waals surface area contributed by atoms with E-state index in [1.807, 2.05) is 0 Å². The van der Waals surface area contributed by atoms with E-state index in [-0.39, 0.29) is 11.7 Å². The molecule has 100 valence electrons. The van der Waals surface area contributed by atoms with Crippen molar-refractivity contribution in [3.05, 3.63) is 4.91 Å². The molecule has 0 aromatic carbocycles. The van der Waals surface area contributed by atoms with Crippen LogP contribution in [0, 0.1) is 4.91 Å². The minimum Gasteiger partial charge on any atom is -0.360 e. The number of aromatic nitrogens is 2. The van der Waals surface area contributed by atoms with Crippen molar-refractivity contribution in [2.45, 2.75) is 0 Å². The van der Waals surface area contributed by atoms with Crippen molar-refractivity contribution in [3.63, 3.8) is 0 Å². The Morgan fingerprint density at radius 1 is 1.39 bits per heavy atom. The highest BCUT2D eigenvalue weighted by molar-refractivity contribution is 7.88. The van der Waals surface area contributed by atoms with E-state index in [9.17, 15) is 13.3 Å². The highest BCUT2D eigenvalue weighted by Crippen LogP contribution is 2.15. The number of hydrogen-bond acceptors (Lipinski definition) is 8. The van der Waals surface area contributed by atoms with Crippen LogP contribution in [-0.4, -0.2) is 50.4 Å². The Labute approximate surface area is 103 Å². The summed E-state index contributed by atoms with van der Waals surface area (Å²) < 4.78 is 28.7. The molecule has 1 aliphatic heterocycles. The Bertz CT molecular complexity index is 546. The zero-order chi connectivity index (χ0) is 13.3. The maximum atomic E-state index is 11.3. The molecule has 10 nitrogen and oxygen atoms in total. The minimum absolute atomic E-state index is 0.122. The fraction of sp³-hybridized carbons (Fsp3) is 0.714. The lowest BCUT2D eigenvalue weighted by Gasteiger charge is -2.30. The molecule has 2 N–H and O–H groups in total. The highest BCUT2D eigenvalue weighted by atomic mass is 32.2. The van der Waals surface area contributed by atoms with E-state index in [2.05, 4.69) is 15.0 Å². The van der Waals surface area contributed by atoms with E-state index in [1.54, 1.807) is 5.01 Å². The topological polar surface area (TPSA) is 126 Å². The molecule has 1 aliphatic rings. The molecule has 0 unspecified atom stereocenters. The van der Waals surface area contributed by atoms with Gasteiger partial charge in [-0.05, 0) is 4.91 Å². The SMILES string of the molecule is CS(=O)(=O)N1CCN([n+]2noc(N)c2N=O)CC1. The molecule has 18 heavy (non-hydrogen) atoms. The van der Waals surface area contributed by atoms with E-state index in [1.165, 1.54) is 4.31 Å². The first kappa shape index (κ1) is 12.7. The Kier molecular flexibility index (Phi) is 3.17. The van der Waals surface area contributed by atoms with Crippen molar-refractivity contribution in [1.29, 1.82) is 0 Å². The molecule has 11 heteroatoms. The predicted octanol–water partition coefficient (Wildman–Crippen LogP) is -1.84. The smallest absolute Gasteiger partial charge is 0.360 e. The molecular weight excluding hydrogens is 264 g/mol. The van der Waals surface area contributed by atoms with Gasteiger partial charge in [-0.25, -0.2) is 13.4 Å². The van der Waals surface area contributed by atoms with Gasteiger partial charge < -0.3 is 5.73 Å². The van der Waals surface area contributed by atoms with Crippen LogP contribution in [-0.2, 0) is 10.0 Å². The van der Waals surface area contributed by atoms with Gasteiger partial charge in [-0.15, -0.1) is 0 Å². The van der Waals surface area contributed by atoms with Crippen molar-refractivity contribution in [1.82, 2.24) is 9.58 Å². The third kappa shape index (κ3) is 2.26. The lowest BCUT2D eigenvalue weighted by Crippen LogP contribution is -2.66. The van der Waals surface area contributed by atoms with Crippen LogP contribution < -0.4 is 15.5 Å². The number of nitrogens with zero attached hydrogens (tertiary/aromatic N) is 5. The van der Waals surface area contributed by atoms with Crippen molar-refractivity contribution >= 4 is 21.7 Å². The average molecular weight is 277 g/mol. The van der Waals surface area contributed by atoms with Crippen LogP contribution in [0.4, 0.5) is 11.7 Å². The Morgan fingerprint density at radius 3 is 2.50 bits per heavy atom. The maximum absolute atomic E-state index is 11.3. The summed E-state index contributed by atoms with van der Waals surface area (Å²) in [5.41, 5.74) is 5.38. The number of nitroso groups, excluding NO2 is 1. The van der Waals surface area contributed by atoms with E-state index >= 15 is 0 Å². The number of hydrogen-bond donors (Lipinski definition) is 1. The fourth-order valence-corrected chi connectivity index (χ4v) is 2.55. The monoisotopic (exact) mass is 277 g/mol. The van der Waals surface area contributed by atoms with Crippen LogP contribution in [0.15, 0.2) is 9.70 Å². The molecule has 1 aromatic rings. The van der Waals surface area contributed by atoms with Gasteiger partial charge in [0.25, 0.3) is 0 Å². The molecule has 1 fully saturated rings. The molecule has 0 amide bonds. The molecular formula is C7H13N6O4S+. The largest absolute Gasteiger partial charge is 0.484 e. The third-order valence-electron chi connectivity index (χ3n) is 2.66. The molecule has 1 saturated heterocycles. The number of nitrogen functional groups attached to an aromatic ring is 1. The summed E-state index contributed by atoms with van der Waals surface area (Å²) in [6.45, 7) is 1.34. The zero-order valence-corrected chi connectivity index (χ0v) is 10.5. The molecule has 0 saturated carbocycles. The van der Waals surface area contributed by atoms with Gasteiger partial charge in [-0.1, -0.05) is 0 Å². The van der Waals surface area contributed by atoms with E-state index < -0.39 is 10.0 Å². The van der Waals surface area contributed by atoms with E-state index in [4.69, 9.17) is 5.73 Å². The summed E-state index contributed by atoms with van der Waals surface area (Å²) in [6.07, 6.45) is 1.16. The molecule has 0 aliphatic carbocycles. The summed E-state index contributed by atoms with van der Waals surface area (Å²) >= 11 is 0. The fourth-order valence-electron chi connectivity index (χ4n) is 1.73. The van der Waals surface area contributed by atoms with E-state index in [0.29, 0.717) is 26.2 Å². The number of piperazine rings is 1. The first-order valence-corrected chi connectivity index (χ1v) is 6.99. The first-order chi connectivity index (χ1) is 8.43. The number of nitrogens with two attached hydrogens (primary N) is 1. The van der Waals surface area contributed by atoms with Crippen LogP contribution in [0.2, 0.25) is 0 Å². The Balaban J connectivity index is 2.12. The summed E-state index contributed by atoms with van der Waals surface area (Å²) in [6, 6.07) is 0. The van der Waals surface area contributed by atoms with Crippen molar-refractivity contribution in [2.24, 2.45) is 5.18 Å². The molecule has 0 bridgehead atoms.